The molecule has 0 bridgehead atoms. The zero-order valence-electron chi connectivity index (χ0n) is 14.8. The van der Waals surface area contributed by atoms with Crippen LogP contribution >= 0.6 is 11.6 Å². The van der Waals surface area contributed by atoms with Gasteiger partial charge in [0.1, 0.15) is 5.82 Å². The predicted molar refractivity (Wildman–Crippen MR) is 101 cm³/mol. The molecule has 2 aromatic carbocycles. The summed E-state index contributed by atoms with van der Waals surface area (Å²) >= 11 is 5.86. The van der Waals surface area contributed by atoms with Crippen LogP contribution in [0.15, 0.2) is 48.5 Å². The van der Waals surface area contributed by atoms with Gasteiger partial charge in [0.25, 0.3) is 5.91 Å². The molecule has 1 aliphatic carbocycles. The fourth-order valence-corrected chi connectivity index (χ4v) is 2.87. The van der Waals surface area contributed by atoms with Crippen LogP contribution < -0.4 is 10.6 Å². The van der Waals surface area contributed by atoms with E-state index in [0.29, 0.717) is 23.6 Å². The van der Waals surface area contributed by atoms with Crippen LogP contribution in [0.25, 0.3) is 0 Å². The van der Waals surface area contributed by atoms with Gasteiger partial charge in [-0.1, -0.05) is 23.7 Å². The smallest absolute Gasteiger partial charge is 0.317 e. The molecule has 146 valence electrons. The number of hydrogen-bond acceptors (Lipinski definition) is 4. The van der Waals surface area contributed by atoms with Crippen LogP contribution in [0.5, 0.6) is 0 Å². The Morgan fingerprint density at radius 3 is 2.25 bits per heavy atom. The molecule has 0 spiro atoms. The van der Waals surface area contributed by atoms with Crippen molar-refractivity contribution in [1.82, 2.24) is 5.32 Å². The van der Waals surface area contributed by atoms with E-state index in [1.165, 1.54) is 24.3 Å². The SMILES string of the molecule is O=C(COC(=O)C1(c2ccc(Cl)cc2)CC1)NCC(=O)Nc1ccc(F)cc1. The van der Waals surface area contributed by atoms with Crippen LogP contribution in [0, 0.1) is 5.82 Å². The van der Waals surface area contributed by atoms with Gasteiger partial charge in [0.15, 0.2) is 6.61 Å². The number of ether oxygens (including phenoxy) is 1. The lowest BCUT2D eigenvalue weighted by molar-refractivity contribution is -0.151. The zero-order valence-corrected chi connectivity index (χ0v) is 15.6. The molecule has 0 aliphatic heterocycles. The molecule has 0 radical (unpaired) electrons. The van der Waals surface area contributed by atoms with Gasteiger partial charge in [0, 0.05) is 10.7 Å². The van der Waals surface area contributed by atoms with Crippen LogP contribution in [0.4, 0.5) is 10.1 Å². The lowest BCUT2D eigenvalue weighted by atomic mass is 9.96. The maximum absolute atomic E-state index is 12.8. The zero-order chi connectivity index (χ0) is 20.1. The maximum atomic E-state index is 12.8. The normalized spacial score (nSPS) is 14.1. The van der Waals surface area contributed by atoms with E-state index in [4.69, 9.17) is 16.3 Å². The molecule has 2 amide bonds. The summed E-state index contributed by atoms with van der Waals surface area (Å²) in [5.41, 5.74) is 0.497. The topological polar surface area (TPSA) is 84.5 Å². The monoisotopic (exact) mass is 404 g/mol. The maximum Gasteiger partial charge on any atom is 0.317 e. The van der Waals surface area contributed by atoms with Crippen LogP contribution in [0.3, 0.4) is 0 Å². The molecule has 0 atom stereocenters. The molecule has 1 saturated carbocycles. The summed E-state index contributed by atoms with van der Waals surface area (Å²) < 4.78 is 17.9. The third-order valence-electron chi connectivity index (χ3n) is 4.45. The summed E-state index contributed by atoms with van der Waals surface area (Å²) in [4.78, 5) is 36.0. The number of benzene rings is 2. The number of carbonyl (C=O) groups excluding carboxylic acids is 3. The largest absolute Gasteiger partial charge is 0.455 e. The number of amides is 2. The van der Waals surface area contributed by atoms with Crippen molar-refractivity contribution in [2.75, 3.05) is 18.5 Å². The molecule has 0 aromatic heterocycles. The van der Waals surface area contributed by atoms with Crippen molar-refractivity contribution in [3.63, 3.8) is 0 Å². The molecule has 28 heavy (non-hydrogen) atoms. The van der Waals surface area contributed by atoms with Gasteiger partial charge in [-0.25, -0.2) is 4.39 Å². The second-order valence-corrected chi connectivity index (χ2v) is 6.93. The van der Waals surface area contributed by atoms with E-state index >= 15 is 0 Å². The first-order chi connectivity index (χ1) is 13.4. The summed E-state index contributed by atoms with van der Waals surface area (Å²) in [6.07, 6.45) is 1.30. The number of nitrogens with one attached hydrogen (secondary N) is 2. The van der Waals surface area contributed by atoms with E-state index in [-0.39, 0.29) is 6.54 Å². The van der Waals surface area contributed by atoms with Crippen molar-refractivity contribution < 1.29 is 23.5 Å². The Bertz CT molecular complexity index is 880. The highest BCUT2D eigenvalue weighted by atomic mass is 35.5. The minimum Gasteiger partial charge on any atom is -0.455 e. The fourth-order valence-electron chi connectivity index (χ4n) is 2.74. The summed E-state index contributed by atoms with van der Waals surface area (Å²) in [6, 6.07) is 12.2. The summed E-state index contributed by atoms with van der Waals surface area (Å²) in [5.74, 6) is -1.96. The van der Waals surface area contributed by atoms with E-state index in [9.17, 15) is 18.8 Å². The van der Waals surface area contributed by atoms with Gasteiger partial charge in [-0.15, -0.1) is 0 Å². The standard InChI is InChI=1S/C20H18ClFN2O4/c21-14-3-1-13(2-4-14)20(9-10-20)19(27)28-12-18(26)23-11-17(25)24-16-7-5-15(22)6-8-16/h1-8H,9-12H2,(H,23,26)(H,24,25). The molecule has 8 heteroatoms. The van der Waals surface area contributed by atoms with E-state index < -0.39 is 35.6 Å². The summed E-state index contributed by atoms with van der Waals surface area (Å²) in [6.45, 7) is -0.770. The molecule has 1 fully saturated rings. The lowest BCUT2D eigenvalue weighted by Crippen LogP contribution is -2.36. The van der Waals surface area contributed by atoms with Crippen LogP contribution in [0.1, 0.15) is 18.4 Å². The van der Waals surface area contributed by atoms with Crippen LogP contribution in [-0.4, -0.2) is 30.9 Å². The van der Waals surface area contributed by atoms with E-state index in [1.54, 1.807) is 24.3 Å². The van der Waals surface area contributed by atoms with Crippen molar-refractivity contribution in [3.8, 4) is 0 Å². The lowest BCUT2D eigenvalue weighted by Gasteiger charge is -2.15. The Morgan fingerprint density at radius 1 is 1.00 bits per heavy atom. The Morgan fingerprint density at radius 2 is 1.64 bits per heavy atom. The van der Waals surface area contributed by atoms with Gasteiger partial charge in [0.05, 0.1) is 12.0 Å². The van der Waals surface area contributed by atoms with Crippen LogP contribution in [0.2, 0.25) is 5.02 Å². The van der Waals surface area contributed by atoms with Gasteiger partial charge >= 0.3 is 5.97 Å². The molecule has 1 aliphatic rings. The molecule has 2 N–H and O–H groups in total. The van der Waals surface area contributed by atoms with E-state index in [0.717, 1.165) is 5.56 Å². The molecule has 0 saturated heterocycles. The van der Waals surface area contributed by atoms with E-state index in [1.807, 2.05) is 0 Å². The highest BCUT2D eigenvalue weighted by molar-refractivity contribution is 6.30. The number of hydrogen-bond donors (Lipinski definition) is 2. The highest BCUT2D eigenvalue weighted by Crippen LogP contribution is 2.49. The van der Waals surface area contributed by atoms with Gasteiger partial charge in [-0.05, 0) is 54.8 Å². The molecular weight excluding hydrogens is 387 g/mol. The van der Waals surface area contributed by atoms with Crippen molar-refractivity contribution in [2.45, 2.75) is 18.3 Å². The van der Waals surface area contributed by atoms with E-state index in [2.05, 4.69) is 10.6 Å². The Kier molecular flexibility index (Phi) is 5.94. The molecule has 6 nitrogen and oxygen atoms in total. The Labute approximate surface area is 166 Å². The van der Waals surface area contributed by atoms with Crippen molar-refractivity contribution in [1.29, 1.82) is 0 Å². The quantitative estimate of drug-likeness (QED) is 0.695. The summed E-state index contributed by atoms with van der Waals surface area (Å²) in [5, 5.41) is 5.45. The number of halogens is 2. The number of rotatable bonds is 7. The third kappa shape index (κ3) is 4.86. The predicted octanol–water partition coefficient (Wildman–Crippen LogP) is 2.81. The van der Waals surface area contributed by atoms with Gasteiger partial charge in [0.2, 0.25) is 5.91 Å². The first kappa shape index (κ1) is 19.8. The average molecular weight is 405 g/mol. The van der Waals surface area contributed by atoms with Crippen molar-refractivity contribution in [3.05, 3.63) is 64.9 Å². The van der Waals surface area contributed by atoms with Crippen molar-refractivity contribution in [2.24, 2.45) is 0 Å². The molecular formula is C20H18ClFN2O4. The summed E-state index contributed by atoms with van der Waals surface area (Å²) in [7, 11) is 0. The Hall–Kier alpha value is -2.93. The minimum atomic E-state index is -0.717. The first-order valence-electron chi connectivity index (χ1n) is 8.64. The number of anilines is 1. The molecule has 0 heterocycles. The van der Waals surface area contributed by atoms with Crippen molar-refractivity contribution >= 4 is 35.1 Å². The Balaban J connectivity index is 1.42. The van der Waals surface area contributed by atoms with Gasteiger partial charge in [-0.3, -0.25) is 14.4 Å². The minimum absolute atomic E-state index is 0.296. The van der Waals surface area contributed by atoms with Gasteiger partial charge in [-0.2, -0.15) is 0 Å². The molecule has 2 aromatic rings. The second kappa shape index (κ2) is 8.39. The molecule has 0 unspecified atom stereocenters. The van der Waals surface area contributed by atoms with Gasteiger partial charge < -0.3 is 15.4 Å². The van der Waals surface area contributed by atoms with Crippen LogP contribution in [-0.2, 0) is 24.5 Å². The number of esters is 1. The fraction of sp³-hybridized carbons (Fsp3) is 0.250. The first-order valence-corrected chi connectivity index (χ1v) is 9.02. The second-order valence-electron chi connectivity index (χ2n) is 6.50. The third-order valence-corrected chi connectivity index (χ3v) is 4.70. The number of carbonyl (C=O) groups is 3. The average Bonchev–Trinajstić information content (AvgIpc) is 3.49. The molecule has 3 rings (SSSR count). The highest BCUT2D eigenvalue weighted by Gasteiger charge is 2.52.